The van der Waals surface area contributed by atoms with Crippen LogP contribution in [0.5, 0.6) is 5.88 Å². The SMILES string of the molecule is COc1cccc([N+]2([O-])C(OC3CCCC3)=C(N3CCN(S(=O)(=O)C(C)C)CC3)C=CCC2C)n1. The third-order valence-corrected chi connectivity index (χ3v) is 9.54. The molecule has 2 fully saturated rings. The Kier molecular flexibility index (Phi) is 7.75. The molecule has 9 nitrogen and oxygen atoms in total. The number of hydrogen-bond acceptors (Lipinski definition) is 7. The van der Waals surface area contributed by atoms with Crippen molar-refractivity contribution in [2.75, 3.05) is 33.3 Å². The molecule has 0 radical (unpaired) electrons. The Hall–Kier alpha value is -2.14. The summed E-state index contributed by atoms with van der Waals surface area (Å²) in [5.41, 5.74) is 0.725. The van der Waals surface area contributed by atoms with E-state index >= 15 is 0 Å². The second-order valence-corrected chi connectivity index (χ2v) is 12.4. The zero-order valence-electron chi connectivity index (χ0n) is 21.2. The highest BCUT2D eigenvalue weighted by atomic mass is 32.2. The average Bonchev–Trinajstić information content (AvgIpc) is 3.34. The van der Waals surface area contributed by atoms with E-state index in [1.165, 1.54) is 7.11 Å². The first kappa shape index (κ1) is 25.9. The van der Waals surface area contributed by atoms with Gasteiger partial charge in [0.2, 0.25) is 21.7 Å². The third kappa shape index (κ3) is 5.07. The molecule has 0 spiro atoms. The quantitative estimate of drug-likeness (QED) is 0.411. The van der Waals surface area contributed by atoms with Crippen LogP contribution in [-0.2, 0) is 14.8 Å². The smallest absolute Gasteiger partial charge is 0.322 e. The number of aromatic nitrogens is 1. The molecule has 1 saturated heterocycles. The minimum atomic E-state index is -3.32. The van der Waals surface area contributed by atoms with Gasteiger partial charge in [-0.1, -0.05) is 6.08 Å². The Morgan fingerprint density at radius 2 is 1.83 bits per heavy atom. The van der Waals surface area contributed by atoms with Crippen LogP contribution < -0.4 is 9.38 Å². The lowest BCUT2D eigenvalue weighted by molar-refractivity contribution is 0.0512. The van der Waals surface area contributed by atoms with E-state index in [1.54, 1.807) is 36.4 Å². The first-order valence-corrected chi connectivity index (χ1v) is 14.1. The molecule has 4 rings (SSSR count). The van der Waals surface area contributed by atoms with Crippen LogP contribution in [0.1, 0.15) is 52.9 Å². The number of ether oxygens (including phenoxy) is 2. The first-order chi connectivity index (χ1) is 16.7. The van der Waals surface area contributed by atoms with E-state index in [2.05, 4.69) is 9.88 Å². The van der Waals surface area contributed by atoms with Gasteiger partial charge in [0.15, 0.2) is 0 Å². The number of rotatable bonds is 7. The normalized spacial score (nSPS) is 26.9. The van der Waals surface area contributed by atoms with Crippen molar-refractivity contribution in [2.24, 2.45) is 0 Å². The zero-order chi connectivity index (χ0) is 25.2. The van der Waals surface area contributed by atoms with E-state index in [9.17, 15) is 13.6 Å². The minimum absolute atomic E-state index is 0.0154. The summed E-state index contributed by atoms with van der Waals surface area (Å²) in [5.74, 6) is 1.06. The Bertz CT molecular complexity index is 1060. The highest BCUT2D eigenvalue weighted by Crippen LogP contribution is 2.39. The predicted octanol–water partition coefficient (Wildman–Crippen LogP) is 3.73. The Balaban J connectivity index is 1.75. The molecule has 0 amide bonds. The van der Waals surface area contributed by atoms with Gasteiger partial charge < -0.3 is 19.6 Å². The molecule has 3 aliphatic rings. The summed E-state index contributed by atoms with van der Waals surface area (Å²) in [6, 6.07) is 4.89. The summed E-state index contributed by atoms with van der Waals surface area (Å²) in [6.45, 7) is 7.06. The second-order valence-electron chi connectivity index (χ2n) is 9.88. The lowest BCUT2D eigenvalue weighted by Crippen LogP contribution is -2.54. The van der Waals surface area contributed by atoms with Crippen LogP contribution in [-0.4, -0.2) is 73.3 Å². The molecule has 2 atom stereocenters. The Morgan fingerprint density at radius 3 is 2.46 bits per heavy atom. The highest BCUT2D eigenvalue weighted by Gasteiger charge is 2.43. The van der Waals surface area contributed by atoms with E-state index in [1.807, 2.05) is 19.1 Å². The number of nitrogens with zero attached hydrogens (tertiary/aromatic N) is 4. The van der Waals surface area contributed by atoms with Gasteiger partial charge in [-0.2, -0.15) is 9.29 Å². The van der Waals surface area contributed by atoms with Gasteiger partial charge in [-0.3, -0.25) is 0 Å². The average molecular weight is 507 g/mol. The number of hydrogen-bond donors (Lipinski definition) is 0. The molecule has 2 aliphatic heterocycles. The van der Waals surface area contributed by atoms with Gasteiger partial charge in [-0.25, -0.2) is 13.1 Å². The van der Waals surface area contributed by atoms with Crippen LogP contribution in [0.15, 0.2) is 41.9 Å². The molecule has 10 heteroatoms. The number of piperazine rings is 1. The molecule has 1 saturated carbocycles. The van der Waals surface area contributed by atoms with Crippen LogP contribution in [0, 0.1) is 5.21 Å². The van der Waals surface area contributed by atoms with Gasteiger partial charge in [-0.05, 0) is 58.6 Å². The summed E-state index contributed by atoms with van der Waals surface area (Å²) >= 11 is 0. The minimum Gasteiger partial charge on any atom is -0.618 e. The maximum absolute atomic E-state index is 14.9. The number of sulfonamides is 1. The van der Waals surface area contributed by atoms with E-state index in [4.69, 9.17) is 9.47 Å². The van der Waals surface area contributed by atoms with Crippen molar-refractivity contribution in [2.45, 2.75) is 70.3 Å². The summed E-state index contributed by atoms with van der Waals surface area (Å²) in [4.78, 5) is 6.63. The van der Waals surface area contributed by atoms with Gasteiger partial charge in [0.25, 0.3) is 0 Å². The fourth-order valence-corrected chi connectivity index (χ4v) is 6.29. The lowest BCUT2D eigenvalue weighted by atomic mass is 10.2. The first-order valence-electron chi connectivity index (χ1n) is 12.6. The topological polar surface area (TPSA) is 95.0 Å². The fraction of sp³-hybridized carbons (Fsp3) is 0.640. The molecule has 0 bridgehead atoms. The molecule has 1 aliphatic carbocycles. The molecule has 1 aromatic heterocycles. The number of pyridine rings is 1. The number of allylic oxidation sites excluding steroid dienone is 1. The number of hydroxylamine groups is 2. The summed E-state index contributed by atoms with van der Waals surface area (Å²) in [6.07, 6.45) is 8.55. The third-order valence-electron chi connectivity index (χ3n) is 7.27. The molecule has 0 N–H and O–H groups in total. The second kappa shape index (κ2) is 10.5. The summed E-state index contributed by atoms with van der Waals surface area (Å²) in [7, 11) is -1.79. The Labute approximate surface area is 209 Å². The van der Waals surface area contributed by atoms with Crippen LogP contribution in [0.3, 0.4) is 0 Å². The van der Waals surface area contributed by atoms with Crippen LogP contribution in [0.4, 0.5) is 5.82 Å². The summed E-state index contributed by atoms with van der Waals surface area (Å²) < 4.78 is 38.0. The van der Waals surface area contributed by atoms with Gasteiger partial charge in [-0.15, -0.1) is 0 Å². The highest BCUT2D eigenvalue weighted by molar-refractivity contribution is 7.89. The molecule has 35 heavy (non-hydrogen) atoms. The maximum Gasteiger partial charge on any atom is 0.322 e. The van der Waals surface area contributed by atoms with Crippen molar-refractivity contribution in [1.29, 1.82) is 0 Å². The van der Waals surface area contributed by atoms with Crippen LogP contribution >= 0.6 is 0 Å². The lowest BCUT2D eigenvalue weighted by Gasteiger charge is -2.46. The molecule has 1 aromatic rings. The van der Waals surface area contributed by atoms with E-state index in [0.717, 1.165) is 31.4 Å². The predicted molar refractivity (Wildman–Crippen MR) is 137 cm³/mol. The maximum atomic E-state index is 14.9. The Morgan fingerprint density at radius 1 is 1.14 bits per heavy atom. The molecular formula is C25H38N4O5S. The largest absolute Gasteiger partial charge is 0.618 e. The van der Waals surface area contributed by atoms with Gasteiger partial charge in [0, 0.05) is 44.7 Å². The zero-order valence-corrected chi connectivity index (χ0v) is 22.0. The summed E-state index contributed by atoms with van der Waals surface area (Å²) in [5, 5.41) is 14.4. The molecule has 0 aromatic carbocycles. The fourth-order valence-electron chi connectivity index (χ4n) is 5.02. The number of quaternary nitrogens is 1. The molecule has 194 valence electrons. The van der Waals surface area contributed by atoms with Gasteiger partial charge >= 0.3 is 5.88 Å². The van der Waals surface area contributed by atoms with Crippen molar-refractivity contribution in [3.63, 3.8) is 0 Å². The van der Waals surface area contributed by atoms with Crippen molar-refractivity contribution in [3.8, 4) is 5.88 Å². The molecule has 2 unspecified atom stereocenters. The van der Waals surface area contributed by atoms with Crippen molar-refractivity contribution in [3.05, 3.63) is 47.1 Å². The van der Waals surface area contributed by atoms with Crippen molar-refractivity contribution in [1.82, 2.24) is 18.8 Å². The van der Waals surface area contributed by atoms with Crippen molar-refractivity contribution < 1.29 is 17.9 Å². The molecule has 3 heterocycles. The number of methoxy groups -OCH3 is 1. The molecular weight excluding hydrogens is 468 g/mol. The monoisotopic (exact) mass is 506 g/mol. The van der Waals surface area contributed by atoms with Crippen molar-refractivity contribution >= 4 is 15.8 Å². The van der Waals surface area contributed by atoms with Gasteiger partial charge in [0.1, 0.15) is 17.8 Å². The van der Waals surface area contributed by atoms with E-state index in [-0.39, 0.29) is 12.1 Å². The van der Waals surface area contributed by atoms with Gasteiger partial charge in [0.05, 0.1) is 12.4 Å². The van der Waals surface area contributed by atoms with E-state index in [0.29, 0.717) is 50.2 Å². The van der Waals surface area contributed by atoms with E-state index < -0.39 is 19.9 Å². The standard InChI is InChI=1S/C25H38N4O5S/c1-19(2)35(31,32)28-17-15-27(16-18-28)22-12-7-9-20(3)29(30,23-13-8-14-24(26-23)33-4)25(22)34-21-10-5-6-11-21/h7-8,12-14,19-21H,5-6,9-11,15-18H2,1-4H3. The van der Waals surface area contributed by atoms with Crippen LogP contribution in [0.2, 0.25) is 0 Å². The van der Waals surface area contributed by atoms with Crippen LogP contribution in [0.25, 0.3) is 0 Å².